The molecule has 0 aliphatic heterocycles. The fraction of sp³-hybridized carbons (Fsp3) is 0.250. The van der Waals surface area contributed by atoms with Crippen LogP contribution in [0.1, 0.15) is 36.4 Å². The van der Waals surface area contributed by atoms with Crippen molar-refractivity contribution in [1.82, 2.24) is 0 Å². The second-order valence-electron chi connectivity index (χ2n) is 4.62. The normalized spacial score (nSPS) is 14.1. The number of nitrogens with two attached hydrogens (primary N) is 1. The van der Waals surface area contributed by atoms with Crippen LogP contribution < -0.4 is 5.73 Å². The standard InChI is InChI=1S/C16H17BrFN/c1-2-13(11-6-4-3-5-7-11)16(19)14-10-12(17)8-9-15(14)18/h3-10,13,16H,2,19H2,1H3. The molecule has 2 aromatic rings. The van der Waals surface area contributed by atoms with Gasteiger partial charge in [-0.05, 0) is 30.2 Å². The lowest BCUT2D eigenvalue weighted by molar-refractivity contribution is 0.505. The van der Waals surface area contributed by atoms with E-state index in [1.54, 1.807) is 12.1 Å². The Labute approximate surface area is 121 Å². The van der Waals surface area contributed by atoms with Crippen molar-refractivity contribution in [2.75, 3.05) is 0 Å². The Morgan fingerprint density at radius 3 is 2.47 bits per heavy atom. The zero-order valence-corrected chi connectivity index (χ0v) is 12.4. The predicted molar refractivity (Wildman–Crippen MR) is 80.5 cm³/mol. The van der Waals surface area contributed by atoms with Crippen molar-refractivity contribution in [3.63, 3.8) is 0 Å². The minimum absolute atomic E-state index is 0.116. The van der Waals surface area contributed by atoms with Gasteiger partial charge in [0.15, 0.2) is 0 Å². The highest BCUT2D eigenvalue weighted by atomic mass is 79.9. The molecule has 0 amide bonds. The summed E-state index contributed by atoms with van der Waals surface area (Å²) in [6.45, 7) is 2.08. The molecule has 0 aliphatic rings. The Kier molecular flexibility index (Phi) is 4.72. The van der Waals surface area contributed by atoms with Crippen LogP contribution in [-0.4, -0.2) is 0 Å². The van der Waals surface area contributed by atoms with Gasteiger partial charge in [0.25, 0.3) is 0 Å². The highest BCUT2D eigenvalue weighted by Crippen LogP contribution is 2.33. The lowest BCUT2D eigenvalue weighted by Gasteiger charge is -2.24. The number of hydrogen-bond acceptors (Lipinski definition) is 1. The Balaban J connectivity index is 2.36. The maximum atomic E-state index is 13.9. The highest BCUT2D eigenvalue weighted by molar-refractivity contribution is 9.10. The molecule has 0 radical (unpaired) electrons. The molecule has 2 aromatic carbocycles. The van der Waals surface area contributed by atoms with Gasteiger partial charge in [0, 0.05) is 22.0 Å². The summed E-state index contributed by atoms with van der Waals surface area (Å²) in [5, 5.41) is 0. The van der Waals surface area contributed by atoms with E-state index in [1.165, 1.54) is 6.07 Å². The third-order valence-corrected chi connectivity index (χ3v) is 3.91. The highest BCUT2D eigenvalue weighted by Gasteiger charge is 2.22. The van der Waals surface area contributed by atoms with Crippen molar-refractivity contribution in [3.8, 4) is 0 Å². The first-order valence-electron chi connectivity index (χ1n) is 6.39. The van der Waals surface area contributed by atoms with E-state index in [0.29, 0.717) is 5.56 Å². The number of benzene rings is 2. The monoisotopic (exact) mass is 321 g/mol. The SMILES string of the molecule is CCC(c1ccccc1)C(N)c1cc(Br)ccc1F. The summed E-state index contributed by atoms with van der Waals surface area (Å²) in [6.07, 6.45) is 0.872. The van der Waals surface area contributed by atoms with Gasteiger partial charge in [-0.25, -0.2) is 4.39 Å². The van der Waals surface area contributed by atoms with Gasteiger partial charge >= 0.3 is 0 Å². The summed E-state index contributed by atoms with van der Waals surface area (Å²) in [5.74, 6) is -0.130. The predicted octanol–water partition coefficient (Wildman–Crippen LogP) is 4.78. The maximum absolute atomic E-state index is 13.9. The van der Waals surface area contributed by atoms with Crippen molar-refractivity contribution in [2.24, 2.45) is 5.73 Å². The van der Waals surface area contributed by atoms with Crippen molar-refractivity contribution < 1.29 is 4.39 Å². The zero-order chi connectivity index (χ0) is 13.8. The maximum Gasteiger partial charge on any atom is 0.128 e. The fourth-order valence-corrected chi connectivity index (χ4v) is 2.76. The molecular weight excluding hydrogens is 305 g/mol. The van der Waals surface area contributed by atoms with Gasteiger partial charge in [0.2, 0.25) is 0 Å². The molecule has 0 bridgehead atoms. The number of hydrogen-bond donors (Lipinski definition) is 1. The molecule has 2 N–H and O–H groups in total. The molecule has 0 aromatic heterocycles. The van der Waals surface area contributed by atoms with E-state index in [-0.39, 0.29) is 17.8 Å². The molecule has 100 valence electrons. The largest absolute Gasteiger partial charge is 0.323 e. The quantitative estimate of drug-likeness (QED) is 0.861. The molecule has 0 heterocycles. The van der Waals surface area contributed by atoms with Crippen LogP contribution in [0.2, 0.25) is 0 Å². The van der Waals surface area contributed by atoms with Gasteiger partial charge < -0.3 is 5.73 Å². The van der Waals surface area contributed by atoms with Crippen LogP contribution in [0.25, 0.3) is 0 Å². The molecule has 0 aliphatic carbocycles. The molecule has 2 atom stereocenters. The molecule has 3 heteroatoms. The number of halogens is 2. The summed E-state index contributed by atoms with van der Waals surface area (Å²) < 4.78 is 14.8. The zero-order valence-electron chi connectivity index (χ0n) is 10.8. The van der Waals surface area contributed by atoms with E-state index >= 15 is 0 Å². The van der Waals surface area contributed by atoms with Gasteiger partial charge in [-0.1, -0.05) is 53.2 Å². The van der Waals surface area contributed by atoms with Gasteiger partial charge in [-0.3, -0.25) is 0 Å². The fourth-order valence-electron chi connectivity index (χ4n) is 2.38. The summed E-state index contributed by atoms with van der Waals surface area (Å²) >= 11 is 3.37. The van der Waals surface area contributed by atoms with Gasteiger partial charge in [0.1, 0.15) is 5.82 Å². The lowest BCUT2D eigenvalue weighted by Crippen LogP contribution is -2.20. The Hall–Kier alpha value is -1.19. The Bertz CT molecular complexity index is 542. The minimum atomic E-state index is -0.343. The summed E-state index contributed by atoms with van der Waals surface area (Å²) in [7, 11) is 0. The summed E-state index contributed by atoms with van der Waals surface area (Å²) in [4.78, 5) is 0. The summed E-state index contributed by atoms with van der Waals surface area (Å²) in [6, 6.07) is 14.6. The summed E-state index contributed by atoms with van der Waals surface area (Å²) in [5.41, 5.74) is 8.00. The van der Waals surface area contributed by atoms with E-state index in [1.807, 2.05) is 30.3 Å². The number of rotatable bonds is 4. The lowest BCUT2D eigenvalue weighted by atomic mass is 9.85. The molecule has 19 heavy (non-hydrogen) atoms. The van der Waals surface area contributed by atoms with Crippen LogP contribution in [0, 0.1) is 5.82 Å². The van der Waals surface area contributed by atoms with E-state index in [0.717, 1.165) is 16.5 Å². The van der Waals surface area contributed by atoms with Crippen molar-refractivity contribution in [1.29, 1.82) is 0 Å². The second-order valence-corrected chi connectivity index (χ2v) is 5.53. The molecule has 0 saturated carbocycles. The van der Waals surface area contributed by atoms with Crippen molar-refractivity contribution in [2.45, 2.75) is 25.3 Å². The van der Waals surface area contributed by atoms with Gasteiger partial charge in [0.05, 0.1) is 0 Å². The van der Waals surface area contributed by atoms with Gasteiger partial charge in [-0.2, -0.15) is 0 Å². The first kappa shape index (κ1) is 14.2. The molecule has 0 spiro atoms. The molecule has 1 nitrogen and oxygen atoms in total. The smallest absolute Gasteiger partial charge is 0.128 e. The van der Waals surface area contributed by atoms with Crippen LogP contribution in [0.5, 0.6) is 0 Å². The van der Waals surface area contributed by atoms with Crippen LogP contribution in [0.15, 0.2) is 53.0 Å². The van der Waals surface area contributed by atoms with Crippen LogP contribution in [-0.2, 0) is 0 Å². The van der Waals surface area contributed by atoms with E-state index in [4.69, 9.17) is 5.73 Å². The topological polar surface area (TPSA) is 26.0 Å². The molecule has 2 unspecified atom stereocenters. The van der Waals surface area contributed by atoms with Crippen LogP contribution in [0.3, 0.4) is 0 Å². The Morgan fingerprint density at radius 2 is 1.84 bits per heavy atom. The third-order valence-electron chi connectivity index (χ3n) is 3.42. The van der Waals surface area contributed by atoms with Gasteiger partial charge in [-0.15, -0.1) is 0 Å². The average molecular weight is 322 g/mol. The van der Waals surface area contributed by atoms with E-state index in [9.17, 15) is 4.39 Å². The second kappa shape index (κ2) is 6.31. The van der Waals surface area contributed by atoms with Crippen molar-refractivity contribution in [3.05, 3.63) is 69.9 Å². The first-order chi connectivity index (χ1) is 9.13. The minimum Gasteiger partial charge on any atom is -0.323 e. The third kappa shape index (κ3) is 3.23. The Morgan fingerprint density at radius 1 is 1.16 bits per heavy atom. The average Bonchev–Trinajstić information content (AvgIpc) is 2.43. The molecule has 2 rings (SSSR count). The first-order valence-corrected chi connectivity index (χ1v) is 7.18. The van der Waals surface area contributed by atoms with Crippen LogP contribution in [0.4, 0.5) is 4.39 Å². The van der Waals surface area contributed by atoms with Crippen molar-refractivity contribution >= 4 is 15.9 Å². The molecule has 0 saturated heterocycles. The molecule has 0 fully saturated rings. The molecular formula is C16H17BrFN. The van der Waals surface area contributed by atoms with E-state index in [2.05, 4.69) is 22.9 Å². The van der Waals surface area contributed by atoms with E-state index < -0.39 is 0 Å². The van der Waals surface area contributed by atoms with Crippen LogP contribution >= 0.6 is 15.9 Å².